The zero-order valence-electron chi connectivity index (χ0n) is 22.4. The van der Waals surface area contributed by atoms with Gasteiger partial charge in [-0.15, -0.1) is 0 Å². The fourth-order valence-electron chi connectivity index (χ4n) is 3.23. The summed E-state index contributed by atoms with van der Waals surface area (Å²) in [6.07, 6.45) is 2.00. The Morgan fingerprint density at radius 3 is 2.53 bits per heavy atom. The van der Waals surface area contributed by atoms with Crippen molar-refractivity contribution in [2.75, 3.05) is 31.7 Å². The first-order valence-electron chi connectivity index (χ1n) is 12.3. The fourth-order valence-corrected chi connectivity index (χ4v) is 3.51. The highest BCUT2D eigenvalue weighted by Crippen LogP contribution is 2.36. The summed E-state index contributed by atoms with van der Waals surface area (Å²) in [6, 6.07) is 8.84. The predicted molar refractivity (Wildman–Crippen MR) is 147 cm³/mol. The highest BCUT2D eigenvalue weighted by Gasteiger charge is 2.15. The lowest BCUT2D eigenvalue weighted by atomic mass is 10.1. The average molecular weight is 547 g/mol. The third kappa shape index (κ3) is 10.4. The number of aryl methyl sites for hydroxylation is 2. The van der Waals surface area contributed by atoms with Gasteiger partial charge in [0.05, 0.1) is 23.9 Å². The number of hydrogen-bond donors (Lipinski definition) is 3. The van der Waals surface area contributed by atoms with E-state index >= 15 is 0 Å². The van der Waals surface area contributed by atoms with Crippen LogP contribution in [0.5, 0.6) is 11.5 Å². The third-order valence-corrected chi connectivity index (χ3v) is 5.26. The number of hydrazone groups is 1. The van der Waals surface area contributed by atoms with Crippen LogP contribution in [0, 0.1) is 13.8 Å². The van der Waals surface area contributed by atoms with E-state index in [1.807, 2.05) is 45.9 Å². The number of halogens is 1. The van der Waals surface area contributed by atoms with Crippen molar-refractivity contribution in [3.63, 3.8) is 0 Å². The van der Waals surface area contributed by atoms with Crippen LogP contribution in [0.4, 0.5) is 5.69 Å². The van der Waals surface area contributed by atoms with Crippen LogP contribution in [-0.2, 0) is 19.1 Å². The van der Waals surface area contributed by atoms with Gasteiger partial charge in [0.15, 0.2) is 18.1 Å². The van der Waals surface area contributed by atoms with Crippen LogP contribution < -0.4 is 25.5 Å². The van der Waals surface area contributed by atoms with Crippen LogP contribution in [-0.4, -0.2) is 56.4 Å². The van der Waals surface area contributed by atoms with Gasteiger partial charge < -0.3 is 24.8 Å². The fraction of sp³-hybridized carbons (Fsp3) is 0.407. The molecule has 2 rings (SSSR count). The number of carbonyl (C=O) groups is 3. The molecule has 3 N–H and O–H groups in total. The normalized spacial score (nSPS) is 10.9. The third-order valence-electron chi connectivity index (χ3n) is 4.98. The van der Waals surface area contributed by atoms with E-state index in [4.69, 9.17) is 25.8 Å². The van der Waals surface area contributed by atoms with Gasteiger partial charge in [-0.1, -0.05) is 29.3 Å². The van der Waals surface area contributed by atoms with Crippen molar-refractivity contribution in [3.8, 4) is 11.5 Å². The molecule has 2 aromatic carbocycles. The number of ether oxygens (including phenoxy) is 3. The maximum absolute atomic E-state index is 12.4. The van der Waals surface area contributed by atoms with E-state index in [2.05, 4.69) is 21.2 Å². The monoisotopic (exact) mass is 546 g/mol. The number of nitrogens with zero attached hydrogens (tertiary/aromatic N) is 1. The minimum atomic E-state index is -0.906. The summed E-state index contributed by atoms with van der Waals surface area (Å²) < 4.78 is 16.7. The molecule has 0 saturated carbocycles. The Labute approximate surface area is 228 Å². The molecule has 0 bridgehead atoms. The second-order valence-electron chi connectivity index (χ2n) is 8.65. The van der Waals surface area contributed by atoms with E-state index in [0.29, 0.717) is 43.2 Å². The molecule has 0 fully saturated rings. The van der Waals surface area contributed by atoms with Crippen molar-refractivity contribution in [2.24, 2.45) is 5.10 Å². The highest BCUT2D eigenvalue weighted by molar-refractivity contribution is 6.35. The van der Waals surface area contributed by atoms with Gasteiger partial charge in [0, 0.05) is 18.8 Å². The molecule has 3 amide bonds. The van der Waals surface area contributed by atoms with Crippen LogP contribution >= 0.6 is 11.6 Å². The molecule has 11 heteroatoms. The van der Waals surface area contributed by atoms with E-state index in [1.54, 1.807) is 13.0 Å². The number of benzene rings is 2. The molecule has 0 aliphatic rings. The zero-order chi connectivity index (χ0) is 28.1. The Morgan fingerprint density at radius 2 is 1.84 bits per heavy atom. The SMILES string of the molecule is CCOc1cc(/C=N\NC(=O)C(=O)NCCCOC(C)C)cc(Cl)c1OCC(=O)Nc1ccc(C)cc1C. The van der Waals surface area contributed by atoms with Crippen LogP contribution in [0.3, 0.4) is 0 Å². The van der Waals surface area contributed by atoms with Gasteiger partial charge in [-0.05, 0) is 70.4 Å². The summed E-state index contributed by atoms with van der Waals surface area (Å²) in [4.78, 5) is 36.2. The van der Waals surface area contributed by atoms with E-state index in [1.165, 1.54) is 12.3 Å². The molecule has 0 unspecified atom stereocenters. The summed E-state index contributed by atoms with van der Waals surface area (Å²) in [5.74, 6) is -1.56. The van der Waals surface area contributed by atoms with Crippen molar-refractivity contribution in [1.29, 1.82) is 0 Å². The first-order valence-corrected chi connectivity index (χ1v) is 12.7. The van der Waals surface area contributed by atoms with Gasteiger partial charge in [-0.25, -0.2) is 5.43 Å². The smallest absolute Gasteiger partial charge is 0.329 e. The van der Waals surface area contributed by atoms with Crippen molar-refractivity contribution in [1.82, 2.24) is 10.7 Å². The maximum atomic E-state index is 12.4. The summed E-state index contributed by atoms with van der Waals surface area (Å²) in [7, 11) is 0. The molecule has 0 aromatic heterocycles. The Hall–Kier alpha value is -3.63. The minimum Gasteiger partial charge on any atom is -0.490 e. The molecule has 0 saturated heterocycles. The first kappa shape index (κ1) is 30.6. The second-order valence-corrected chi connectivity index (χ2v) is 9.05. The Morgan fingerprint density at radius 1 is 1.08 bits per heavy atom. The molecule has 0 radical (unpaired) electrons. The van der Waals surface area contributed by atoms with Crippen molar-refractivity contribution < 1.29 is 28.6 Å². The number of hydrogen-bond acceptors (Lipinski definition) is 7. The van der Waals surface area contributed by atoms with Crippen LogP contribution in [0.2, 0.25) is 5.02 Å². The van der Waals surface area contributed by atoms with Crippen molar-refractivity contribution in [3.05, 3.63) is 52.0 Å². The minimum absolute atomic E-state index is 0.105. The van der Waals surface area contributed by atoms with Gasteiger partial charge in [0.1, 0.15) is 0 Å². The maximum Gasteiger partial charge on any atom is 0.329 e. The van der Waals surface area contributed by atoms with Gasteiger partial charge >= 0.3 is 11.8 Å². The lowest BCUT2D eigenvalue weighted by molar-refractivity contribution is -0.139. The van der Waals surface area contributed by atoms with Crippen molar-refractivity contribution in [2.45, 2.75) is 47.1 Å². The molecule has 2 aromatic rings. The molecular weight excluding hydrogens is 512 g/mol. The summed E-state index contributed by atoms with van der Waals surface area (Å²) in [6.45, 7) is 10.3. The standard InChI is InChI=1S/C27H35ClN4O6/c1-6-36-23-14-20(15-30-32-27(35)26(34)29-10-7-11-37-17(2)3)13-21(28)25(23)38-16-24(33)31-22-9-8-18(4)12-19(22)5/h8-9,12-15,17H,6-7,10-11,16H2,1-5H3,(H,29,34)(H,31,33)(H,32,35)/b30-15-. The van der Waals surface area contributed by atoms with E-state index in [-0.39, 0.29) is 29.4 Å². The molecule has 10 nitrogen and oxygen atoms in total. The number of carbonyl (C=O) groups excluding carboxylic acids is 3. The zero-order valence-corrected chi connectivity index (χ0v) is 23.1. The van der Waals surface area contributed by atoms with Crippen LogP contribution in [0.25, 0.3) is 0 Å². The molecular formula is C27H35ClN4O6. The molecule has 0 aliphatic heterocycles. The summed E-state index contributed by atoms with van der Waals surface area (Å²) >= 11 is 6.39. The Balaban J connectivity index is 1.94. The largest absolute Gasteiger partial charge is 0.490 e. The lowest BCUT2D eigenvalue weighted by Gasteiger charge is -2.15. The molecule has 0 atom stereocenters. The van der Waals surface area contributed by atoms with Crippen LogP contribution in [0.1, 0.15) is 43.9 Å². The number of amides is 3. The number of nitrogens with one attached hydrogen (secondary N) is 3. The average Bonchev–Trinajstić information content (AvgIpc) is 2.85. The summed E-state index contributed by atoms with van der Waals surface area (Å²) in [5.41, 5.74) is 5.38. The number of anilines is 1. The second kappa shape index (κ2) is 15.6. The van der Waals surface area contributed by atoms with Gasteiger partial charge in [0.2, 0.25) is 0 Å². The lowest BCUT2D eigenvalue weighted by Crippen LogP contribution is -2.38. The molecule has 0 heterocycles. The van der Waals surface area contributed by atoms with Gasteiger partial charge in [-0.2, -0.15) is 5.10 Å². The first-order chi connectivity index (χ1) is 18.1. The Kier molecular flexibility index (Phi) is 12.5. The van der Waals surface area contributed by atoms with Crippen LogP contribution in [0.15, 0.2) is 35.4 Å². The highest BCUT2D eigenvalue weighted by atomic mass is 35.5. The van der Waals surface area contributed by atoms with E-state index < -0.39 is 11.8 Å². The van der Waals surface area contributed by atoms with E-state index in [9.17, 15) is 14.4 Å². The van der Waals surface area contributed by atoms with Gasteiger partial charge in [-0.3, -0.25) is 14.4 Å². The quantitative estimate of drug-likeness (QED) is 0.152. The van der Waals surface area contributed by atoms with Gasteiger partial charge in [0.25, 0.3) is 5.91 Å². The summed E-state index contributed by atoms with van der Waals surface area (Å²) in [5, 5.41) is 9.30. The molecule has 38 heavy (non-hydrogen) atoms. The molecule has 0 aliphatic carbocycles. The predicted octanol–water partition coefficient (Wildman–Crippen LogP) is 3.75. The Bertz CT molecular complexity index is 1150. The topological polar surface area (TPSA) is 127 Å². The van der Waals surface area contributed by atoms with E-state index in [0.717, 1.165) is 11.1 Å². The molecule has 0 spiro atoms. The van der Waals surface area contributed by atoms with Crippen molar-refractivity contribution >= 4 is 41.2 Å². The molecule has 206 valence electrons. The number of rotatable bonds is 13.